The first-order valence-electron chi connectivity index (χ1n) is 37.9. The summed E-state index contributed by atoms with van der Waals surface area (Å²) in [5.41, 5.74) is 9.84. The van der Waals surface area contributed by atoms with Crippen LogP contribution in [-0.2, 0) is 6.18 Å². The number of nitriles is 2. The van der Waals surface area contributed by atoms with Crippen molar-refractivity contribution in [2.45, 2.75) is 6.18 Å². The molecule has 0 spiro atoms. The van der Waals surface area contributed by atoms with Gasteiger partial charge in [-0.2, -0.15) is 23.7 Å². The van der Waals surface area contributed by atoms with E-state index in [1.807, 2.05) is 331 Å². The van der Waals surface area contributed by atoms with Crippen molar-refractivity contribution in [1.82, 2.24) is 68.9 Å². The zero-order valence-electron chi connectivity index (χ0n) is 62.2. The molecule has 0 aliphatic carbocycles. The molecule has 14 aromatic carbocycles. The Hall–Kier alpha value is -16.5. The monoisotopic (exact) mass is 1530 g/mol. The summed E-state index contributed by atoms with van der Waals surface area (Å²) in [6, 6.07) is 112. The van der Waals surface area contributed by atoms with E-state index in [9.17, 15) is 10.5 Å². The molecule has 554 valence electrons. The van der Waals surface area contributed by atoms with Crippen LogP contribution in [0.3, 0.4) is 0 Å². The van der Waals surface area contributed by atoms with Crippen LogP contribution in [0, 0.1) is 22.7 Å². The predicted octanol–water partition coefficient (Wildman–Crippen LogP) is 23.1. The number of rotatable bonds is 15. The van der Waals surface area contributed by atoms with Crippen LogP contribution >= 0.6 is 0 Å². The Balaban J connectivity index is 0.875. The summed E-state index contributed by atoms with van der Waals surface area (Å²) in [5.74, 6) is 4.95. The van der Waals surface area contributed by atoms with Gasteiger partial charge < -0.3 is 9.13 Å². The average molecular weight is 1530 g/mol. The van der Waals surface area contributed by atoms with Crippen molar-refractivity contribution in [3.63, 3.8) is 0 Å². The Morgan fingerprint density at radius 2 is 0.441 bits per heavy atom. The highest BCUT2D eigenvalue weighted by molar-refractivity contribution is 6.14. The van der Waals surface area contributed by atoms with Gasteiger partial charge in [-0.1, -0.05) is 249 Å². The number of nitrogens with zero attached hydrogens (tertiary/aromatic N) is 16. The number of benzene rings is 14. The lowest BCUT2D eigenvalue weighted by Gasteiger charge is -2.20. The highest BCUT2D eigenvalue weighted by Crippen LogP contribution is 2.46. The highest BCUT2D eigenvalue weighted by atomic mass is 19.4. The van der Waals surface area contributed by atoms with E-state index in [0.29, 0.717) is 136 Å². The standard InChI is InChI=1S/C99H57F3N16/c100-99(101,102)80-51-60(58-103)41-46-74(80)73-56-85(117-81-47-42-69(95-109-87(61-25-9-1-10-26-61)105-88(110-95)62-27-11-2-12-28-62)52-75(81)76-53-70(43-48-82(76)117)96-111-89(63-29-13-3-14-30-63)106-90(112-96)64-31-15-4-16-32-64)79(59-104)86(57-73)118-83-49-44-71(97-113-91(65-33-17-5-18-34-65)107-92(114-97)66-35-19-6-20-36-66)54-77(83)78-55-72(45-50-84(78)118)98-115-93(67-37-21-7-22-38-67)108-94(116-98)68-39-23-8-24-40-68/h1-57H. The molecule has 0 fully saturated rings. The van der Waals surface area contributed by atoms with E-state index < -0.39 is 11.7 Å². The number of fused-ring (bicyclic) bond motifs is 6. The summed E-state index contributed by atoms with van der Waals surface area (Å²) in [4.78, 5) is 61.5. The number of alkyl halides is 3. The SMILES string of the molecule is N#Cc1ccc(-c2cc(-n3c4ccc(-c5nc(-c6ccccc6)nc(-c6ccccc6)n5)cc4c4cc(-c5nc(-c6ccccc6)nc(-c6ccccc6)n5)ccc43)c(C#N)c(-n3c4ccc(-c5nc(-c6ccccc6)nc(-c6ccccc6)n5)cc4c4cc(-c5nc(-c6ccccc6)nc(-c6ccccc6)n5)ccc43)c2)c(C(F)(F)F)c1. The normalized spacial score (nSPS) is 11.5. The fourth-order valence-corrected chi connectivity index (χ4v) is 15.2. The summed E-state index contributed by atoms with van der Waals surface area (Å²) in [6.45, 7) is 0. The maximum atomic E-state index is 16.2. The minimum absolute atomic E-state index is 0.0746. The Bertz CT molecular complexity index is 6420. The molecule has 0 aliphatic rings. The first-order valence-corrected chi connectivity index (χ1v) is 37.9. The first-order chi connectivity index (χ1) is 58.0. The van der Waals surface area contributed by atoms with Gasteiger partial charge in [-0.3, -0.25) is 0 Å². The van der Waals surface area contributed by atoms with Crippen LogP contribution in [-0.4, -0.2) is 68.9 Å². The summed E-state index contributed by atoms with van der Waals surface area (Å²) in [5, 5.41) is 25.4. The molecule has 20 aromatic rings. The summed E-state index contributed by atoms with van der Waals surface area (Å²) in [7, 11) is 0. The zero-order valence-corrected chi connectivity index (χ0v) is 62.2. The Morgan fingerprint density at radius 3 is 0.644 bits per heavy atom. The van der Waals surface area contributed by atoms with Crippen molar-refractivity contribution in [3.8, 4) is 171 Å². The van der Waals surface area contributed by atoms with Crippen LogP contribution in [0.1, 0.15) is 16.7 Å². The molecule has 0 saturated carbocycles. The minimum Gasteiger partial charge on any atom is -0.308 e. The molecular formula is C99H57F3N16. The van der Waals surface area contributed by atoms with Crippen molar-refractivity contribution in [2.24, 2.45) is 0 Å². The van der Waals surface area contributed by atoms with Crippen LogP contribution in [0.5, 0.6) is 0 Å². The molecule has 0 bridgehead atoms. The molecule has 118 heavy (non-hydrogen) atoms. The molecule has 16 nitrogen and oxygen atoms in total. The van der Waals surface area contributed by atoms with Gasteiger partial charge in [-0.05, 0) is 108 Å². The minimum atomic E-state index is -4.98. The van der Waals surface area contributed by atoms with Crippen LogP contribution in [0.15, 0.2) is 346 Å². The Morgan fingerprint density at radius 1 is 0.220 bits per heavy atom. The first kappa shape index (κ1) is 70.6. The molecule has 6 heterocycles. The maximum absolute atomic E-state index is 16.2. The van der Waals surface area contributed by atoms with E-state index in [0.717, 1.165) is 50.6 Å². The van der Waals surface area contributed by atoms with E-state index in [-0.39, 0.29) is 33.6 Å². The van der Waals surface area contributed by atoms with Crippen molar-refractivity contribution >= 4 is 43.6 Å². The third-order valence-corrected chi connectivity index (χ3v) is 20.8. The van der Waals surface area contributed by atoms with Crippen LogP contribution in [0.4, 0.5) is 13.2 Å². The fourth-order valence-electron chi connectivity index (χ4n) is 15.2. The molecule has 0 radical (unpaired) electrons. The van der Waals surface area contributed by atoms with Crippen LogP contribution in [0.2, 0.25) is 0 Å². The molecule has 0 unspecified atom stereocenters. The van der Waals surface area contributed by atoms with Gasteiger partial charge in [-0.15, -0.1) is 0 Å². The molecule has 0 saturated heterocycles. The van der Waals surface area contributed by atoms with E-state index in [4.69, 9.17) is 59.8 Å². The predicted molar refractivity (Wildman–Crippen MR) is 454 cm³/mol. The quantitative estimate of drug-likeness (QED) is 0.0934. The molecular weight excluding hydrogens is 1470 g/mol. The number of hydrogen-bond acceptors (Lipinski definition) is 14. The van der Waals surface area contributed by atoms with Gasteiger partial charge in [-0.25, -0.2) is 59.8 Å². The van der Waals surface area contributed by atoms with Gasteiger partial charge in [0.15, 0.2) is 69.9 Å². The molecule has 0 amide bonds. The second kappa shape index (κ2) is 29.5. The van der Waals surface area contributed by atoms with E-state index in [2.05, 4.69) is 6.07 Å². The van der Waals surface area contributed by atoms with Gasteiger partial charge in [0.05, 0.1) is 50.6 Å². The number of aromatic nitrogens is 14. The molecule has 0 atom stereocenters. The van der Waals surface area contributed by atoms with Crippen LogP contribution < -0.4 is 0 Å². The van der Waals surface area contributed by atoms with Crippen LogP contribution in [0.25, 0.3) is 203 Å². The second-order valence-corrected chi connectivity index (χ2v) is 28.1. The van der Waals surface area contributed by atoms with E-state index >= 15 is 13.2 Å². The number of halogens is 3. The lowest BCUT2D eigenvalue weighted by atomic mass is 9.94. The Kier molecular flexibility index (Phi) is 17.7. The lowest BCUT2D eigenvalue weighted by molar-refractivity contribution is -0.137. The van der Waals surface area contributed by atoms with E-state index in [1.54, 1.807) is 12.1 Å². The summed E-state index contributed by atoms with van der Waals surface area (Å²) in [6.07, 6.45) is -4.98. The largest absolute Gasteiger partial charge is 0.417 e. The lowest BCUT2D eigenvalue weighted by Crippen LogP contribution is -2.09. The molecule has 0 N–H and O–H groups in total. The van der Waals surface area contributed by atoms with Crippen molar-refractivity contribution in [3.05, 3.63) is 362 Å². The maximum Gasteiger partial charge on any atom is 0.417 e. The highest BCUT2D eigenvalue weighted by Gasteiger charge is 2.36. The summed E-state index contributed by atoms with van der Waals surface area (Å²) < 4.78 is 52.5. The third-order valence-electron chi connectivity index (χ3n) is 20.8. The van der Waals surface area contributed by atoms with Gasteiger partial charge >= 0.3 is 6.18 Å². The van der Waals surface area contributed by atoms with Crippen molar-refractivity contribution in [2.75, 3.05) is 0 Å². The molecule has 20 rings (SSSR count). The second-order valence-electron chi connectivity index (χ2n) is 28.1. The summed E-state index contributed by atoms with van der Waals surface area (Å²) >= 11 is 0. The van der Waals surface area contributed by atoms with Gasteiger partial charge in [0.1, 0.15) is 11.6 Å². The Labute approximate surface area is 672 Å². The zero-order chi connectivity index (χ0) is 79.4. The smallest absolute Gasteiger partial charge is 0.308 e. The van der Waals surface area contributed by atoms with Gasteiger partial charge in [0.2, 0.25) is 0 Å². The fraction of sp³-hybridized carbons (Fsp3) is 0.0101. The molecule has 19 heteroatoms. The average Bonchev–Trinajstić information content (AvgIpc) is 1.55. The van der Waals surface area contributed by atoms with Gasteiger partial charge in [0.25, 0.3) is 0 Å². The van der Waals surface area contributed by atoms with Gasteiger partial charge in [0, 0.05) is 88.3 Å². The van der Waals surface area contributed by atoms with E-state index in [1.165, 1.54) is 12.1 Å². The van der Waals surface area contributed by atoms with Crippen molar-refractivity contribution in [1.29, 1.82) is 10.5 Å². The molecule has 6 aromatic heterocycles. The molecule has 0 aliphatic heterocycles. The number of hydrogen-bond donors (Lipinski definition) is 0. The topological polar surface area (TPSA) is 212 Å². The third kappa shape index (κ3) is 13.2. The van der Waals surface area contributed by atoms with Crippen molar-refractivity contribution < 1.29 is 13.2 Å².